The van der Waals surface area contributed by atoms with Crippen LogP contribution in [0.4, 0.5) is 4.79 Å². The molecular weight excluding hydrogens is 372 g/mol. The molecule has 0 radical (unpaired) electrons. The van der Waals surface area contributed by atoms with E-state index in [0.29, 0.717) is 49.0 Å². The van der Waals surface area contributed by atoms with E-state index < -0.39 is 11.9 Å². The number of amides is 4. The maximum atomic E-state index is 12.8. The van der Waals surface area contributed by atoms with Gasteiger partial charge in [-0.15, -0.1) is 0 Å². The molecule has 1 aromatic carbocycles. The number of imide groups is 1. The summed E-state index contributed by atoms with van der Waals surface area (Å²) >= 11 is 0. The third-order valence-corrected chi connectivity index (χ3v) is 4.20. The van der Waals surface area contributed by atoms with Crippen LogP contribution in [0.25, 0.3) is 0 Å². The molecule has 4 amide bonds. The van der Waals surface area contributed by atoms with Crippen LogP contribution in [0.5, 0.6) is 17.2 Å². The summed E-state index contributed by atoms with van der Waals surface area (Å²) < 4.78 is 15.8. The summed E-state index contributed by atoms with van der Waals surface area (Å²) in [6.07, 6.45) is 0. The smallest absolute Gasteiger partial charge is 0.318 e. The van der Waals surface area contributed by atoms with Gasteiger partial charge in [0.1, 0.15) is 0 Å². The molecule has 1 heterocycles. The van der Waals surface area contributed by atoms with Gasteiger partial charge in [-0.1, -0.05) is 0 Å². The Labute approximate surface area is 162 Å². The van der Waals surface area contributed by atoms with Crippen LogP contribution in [0, 0.1) is 0 Å². The Morgan fingerprint density at radius 3 is 1.96 bits per heavy atom. The summed E-state index contributed by atoms with van der Waals surface area (Å²) in [7, 11) is 4.47. The zero-order valence-corrected chi connectivity index (χ0v) is 16.1. The Balaban J connectivity index is 0.00000392. The van der Waals surface area contributed by atoms with Crippen molar-refractivity contribution in [2.45, 2.75) is 0 Å². The van der Waals surface area contributed by atoms with E-state index >= 15 is 0 Å². The van der Waals surface area contributed by atoms with Gasteiger partial charge in [0, 0.05) is 31.7 Å². The van der Waals surface area contributed by atoms with Gasteiger partial charge in [0.05, 0.1) is 27.9 Å². The van der Waals surface area contributed by atoms with E-state index in [0.717, 1.165) is 0 Å². The molecule has 1 saturated heterocycles. The fourth-order valence-electron chi connectivity index (χ4n) is 2.88. The van der Waals surface area contributed by atoms with Crippen LogP contribution >= 0.6 is 0 Å². The average Bonchev–Trinajstić information content (AvgIpc) is 2.66. The van der Waals surface area contributed by atoms with Crippen LogP contribution in [0.2, 0.25) is 0 Å². The molecule has 0 spiro atoms. The molecule has 156 valence electrons. The van der Waals surface area contributed by atoms with E-state index in [1.165, 1.54) is 21.3 Å². The number of hydrogen-bond acceptors (Lipinski definition) is 7. The topological polar surface area (TPSA) is 155 Å². The lowest BCUT2D eigenvalue weighted by atomic mass is 10.1. The number of ether oxygens (including phenoxy) is 3. The van der Waals surface area contributed by atoms with Crippen molar-refractivity contribution in [1.29, 1.82) is 0 Å². The lowest BCUT2D eigenvalue weighted by Crippen LogP contribution is -2.51. The van der Waals surface area contributed by atoms with Gasteiger partial charge in [0.15, 0.2) is 11.5 Å². The van der Waals surface area contributed by atoms with Gasteiger partial charge in [-0.2, -0.15) is 0 Å². The van der Waals surface area contributed by atoms with E-state index in [-0.39, 0.29) is 17.9 Å². The first-order valence-corrected chi connectivity index (χ1v) is 8.30. The molecule has 0 saturated carbocycles. The van der Waals surface area contributed by atoms with Crippen LogP contribution in [0.15, 0.2) is 12.1 Å². The Hall–Kier alpha value is -3.05. The molecule has 1 aliphatic rings. The number of nitrogens with zero attached hydrogens (tertiary/aromatic N) is 2. The molecule has 11 heteroatoms. The van der Waals surface area contributed by atoms with E-state index in [1.54, 1.807) is 17.0 Å². The number of rotatable bonds is 6. The highest BCUT2D eigenvalue weighted by Crippen LogP contribution is 2.38. The maximum absolute atomic E-state index is 12.8. The van der Waals surface area contributed by atoms with Gasteiger partial charge in [0.2, 0.25) is 11.7 Å². The van der Waals surface area contributed by atoms with Crippen molar-refractivity contribution in [1.82, 2.24) is 15.1 Å². The van der Waals surface area contributed by atoms with E-state index in [1.807, 2.05) is 10.2 Å². The molecule has 5 N–H and O–H groups in total. The van der Waals surface area contributed by atoms with Crippen molar-refractivity contribution in [3.63, 3.8) is 0 Å². The van der Waals surface area contributed by atoms with Crippen molar-refractivity contribution in [2.75, 3.05) is 54.1 Å². The zero-order valence-electron chi connectivity index (χ0n) is 16.1. The number of nitrogens with two attached hydrogens (primary N) is 1. The SMILES string of the molecule is COc1cc(C(=O)N2CCN(CC(=O)NC(N)=O)CC2)cc(OC)c1OC.O. The number of primary amides is 1. The fourth-order valence-corrected chi connectivity index (χ4v) is 2.88. The first-order chi connectivity index (χ1) is 12.9. The van der Waals surface area contributed by atoms with Crippen molar-refractivity contribution in [3.05, 3.63) is 17.7 Å². The summed E-state index contributed by atoms with van der Waals surface area (Å²) in [5.74, 6) is 0.591. The molecule has 28 heavy (non-hydrogen) atoms. The third kappa shape index (κ3) is 5.47. The first-order valence-electron chi connectivity index (χ1n) is 8.30. The number of methoxy groups -OCH3 is 3. The van der Waals surface area contributed by atoms with Gasteiger partial charge in [-0.25, -0.2) is 4.79 Å². The highest BCUT2D eigenvalue weighted by atomic mass is 16.5. The summed E-state index contributed by atoms with van der Waals surface area (Å²) in [6, 6.07) is 2.34. The van der Waals surface area contributed by atoms with Crippen molar-refractivity contribution < 1.29 is 34.1 Å². The van der Waals surface area contributed by atoms with Crippen molar-refractivity contribution in [3.8, 4) is 17.2 Å². The van der Waals surface area contributed by atoms with Crippen LogP contribution in [0.1, 0.15) is 10.4 Å². The molecule has 0 aliphatic carbocycles. The fraction of sp³-hybridized carbons (Fsp3) is 0.471. The largest absolute Gasteiger partial charge is 0.493 e. The van der Waals surface area contributed by atoms with Gasteiger partial charge < -0.3 is 30.3 Å². The number of piperazine rings is 1. The lowest BCUT2D eigenvalue weighted by molar-refractivity contribution is -0.121. The molecule has 0 unspecified atom stereocenters. The molecule has 1 fully saturated rings. The predicted octanol–water partition coefficient (Wildman–Crippen LogP) is -1.16. The maximum Gasteiger partial charge on any atom is 0.318 e. The van der Waals surface area contributed by atoms with Crippen LogP contribution in [0.3, 0.4) is 0 Å². The second kappa shape index (κ2) is 10.3. The average molecular weight is 398 g/mol. The number of carbonyl (C=O) groups excluding carboxylic acids is 3. The molecule has 0 aromatic heterocycles. The van der Waals surface area contributed by atoms with Crippen LogP contribution < -0.4 is 25.3 Å². The van der Waals surface area contributed by atoms with Crippen molar-refractivity contribution >= 4 is 17.8 Å². The van der Waals surface area contributed by atoms with Crippen molar-refractivity contribution in [2.24, 2.45) is 5.73 Å². The monoisotopic (exact) mass is 398 g/mol. The Morgan fingerprint density at radius 1 is 1.00 bits per heavy atom. The Morgan fingerprint density at radius 2 is 1.54 bits per heavy atom. The van der Waals surface area contributed by atoms with E-state index in [2.05, 4.69) is 0 Å². The second-order valence-electron chi connectivity index (χ2n) is 5.89. The van der Waals surface area contributed by atoms with Gasteiger partial charge >= 0.3 is 6.03 Å². The number of hydrogen-bond donors (Lipinski definition) is 2. The molecule has 11 nitrogen and oxygen atoms in total. The summed E-state index contributed by atoms with van der Waals surface area (Å²) in [4.78, 5) is 38.6. The summed E-state index contributed by atoms with van der Waals surface area (Å²) in [5.41, 5.74) is 5.34. The van der Waals surface area contributed by atoms with Gasteiger partial charge in [0.25, 0.3) is 5.91 Å². The third-order valence-electron chi connectivity index (χ3n) is 4.20. The Bertz CT molecular complexity index is 692. The molecular formula is C17H26N4O7. The molecule has 0 bridgehead atoms. The zero-order chi connectivity index (χ0) is 20.0. The molecule has 1 aromatic rings. The van der Waals surface area contributed by atoms with Crippen LogP contribution in [-0.2, 0) is 4.79 Å². The standard InChI is InChI=1S/C17H24N4O6.H2O/c1-25-12-8-11(9-13(26-2)15(12)27-3)16(23)21-6-4-20(5-7-21)10-14(22)19-17(18)24;/h8-9H,4-7,10H2,1-3H3,(H3,18,19,22,24);1H2. The number of urea groups is 1. The number of benzene rings is 1. The minimum absolute atomic E-state index is 0. The summed E-state index contributed by atoms with van der Waals surface area (Å²) in [6.45, 7) is 1.94. The van der Waals surface area contributed by atoms with Gasteiger partial charge in [-0.3, -0.25) is 19.8 Å². The number of nitrogens with one attached hydrogen (secondary N) is 1. The quantitative estimate of drug-likeness (QED) is 0.612. The lowest BCUT2D eigenvalue weighted by Gasteiger charge is -2.34. The second-order valence-corrected chi connectivity index (χ2v) is 5.89. The highest BCUT2D eigenvalue weighted by molar-refractivity contribution is 5.96. The van der Waals surface area contributed by atoms with E-state index in [4.69, 9.17) is 19.9 Å². The minimum Gasteiger partial charge on any atom is -0.493 e. The van der Waals surface area contributed by atoms with E-state index in [9.17, 15) is 14.4 Å². The minimum atomic E-state index is -0.879. The predicted molar refractivity (Wildman–Crippen MR) is 99.8 cm³/mol. The molecule has 0 atom stereocenters. The molecule has 2 rings (SSSR count). The van der Waals surface area contributed by atoms with Crippen LogP contribution in [-0.4, -0.2) is 87.2 Å². The highest BCUT2D eigenvalue weighted by Gasteiger charge is 2.25. The molecule has 1 aliphatic heterocycles. The van der Waals surface area contributed by atoms with Gasteiger partial charge in [-0.05, 0) is 12.1 Å². The summed E-state index contributed by atoms with van der Waals surface area (Å²) in [5, 5.41) is 2.02. The number of carbonyl (C=O) groups is 3. The normalized spacial score (nSPS) is 13.9. The Kier molecular flexibility index (Phi) is 8.48. The first kappa shape index (κ1) is 23.0.